The number of rotatable bonds is 5. The smallest absolute Gasteiger partial charge is 0.242 e. The number of carbonyl (C=O) groups excluding carboxylic acids is 1. The van der Waals surface area contributed by atoms with E-state index in [0.29, 0.717) is 6.04 Å². The second kappa shape index (κ2) is 5.42. The van der Waals surface area contributed by atoms with Crippen molar-refractivity contribution in [2.45, 2.75) is 52.1 Å². The summed E-state index contributed by atoms with van der Waals surface area (Å²) in [5.74, 6) is 0.0936. The molecular formula is C15H22N2O. The van der Waals surface area contributed by atoms with Crippen molar-refractivity contribution >= 4 is 11.6 Å². The van der Waals surface area contributed by atoms with Gasteiger partial charge in [0.1, 0.15) is 6.04 Å². The topological polar surface area (TPSA) is 41.1 Å². The van der Waals surface area contributed by atoms with Crippen molar-refractivity contribution in [2.75, 3.05) is 5.32 Å². The highest BCUT2D eigenvalue weighted by Crippen LogP contribution is 2.20. The van der Waals surface area contributed by atoms with Crippen LogP contribution in [0, 0.1) is 6.92 Å². The Morgan fingerprint density at radius 1 is 1.44 bits per heavy atom. The molecule has 0 aromatic heterocycles. The van der Waals surface area contributed by atoms with Gasteiger partial charge in [-0.3, -0.25) is 4.79 Å². The van der Waals surface area contributed by atoms with Gasteiger partial charge in [-0.25, -0.2) is 0 Å². The molecule has 1 fully saturated rings. The standard InChI is InChI=1S/C15H22N2O/c1-4-12-9-14(6-5-10(12)2)16-11(3)15(18)17-13-7-8-13/h5-6,9,11,13,16H,4,7-8H2,1-3H3,(H,17,18). The lowest BCUT2D eigenvalue weighted by atomic mass is 10.1. The van der Waals surface area contributed by atoms with Gasteiger partial charge in [-0.15, -0.1) is 0 Å². The van der Waals surface area contributed by atoms with E-state index in [1.807, 2.05) is 13.0 Å². The Morgan fingerprint density at radius 3 is 2.78 bits per heavy atom. The highest BCUT2D eigenvalue weighted by Gasteiger charge is 2.25. The molecule has 3 heteroatoms. The summed E-state index contributed by atoms with van der Waals surface area (Å²) in [5, 5.41) is 6.28. The van der Waals surface area contributed by atoms with Gasteiger partial charge in [-0.2, -0.15) is 0 Å². The summed E-state index contributed by atoms with van der Waals surface area (Å²) in [5.41, 5.74) is 3.66. The van der Waals surface area contributed by atoms with Crippen LogP contribution in [0.25, 0.3) is 0 Å². The summed E-state index contributed by atoms with van der Waals surface area (Å²) in [7, 11) is 0. The maximum absolute atomic E-state index is 11.8. The molecule has 0 aliphatic heterocycles. The minimum Gasteiger partial charge on any atom is -0.374 e. The van der Waals surface area contributed by atoms with Crippen LogP contribution in [0.15, 0.2) is 18.2 Å². The molecule has 0 radical (unpaired) electrons. The maximum atomic E-state index is 11.8. The first-order chi connectivity index (χ1) is 8.60. The minimum absolute atomic E-state index is 0.0936. The van der Waals surface area contributed by atoms with Gasteiger partial charge >= 0.3 is 0 Å². The lowest BCUT2D eigenvalue weighted by molar-refractivity contribution is -0.121. The summed E-state index contributed by atoms with van der Waals surface area (Å²) >= 11 is 0. The third kappa shape index (κ3) is 3.25. The van der Waals surface area contributed by atoms with Crippen molar-refractivity contribution in [2.24, 2.45) is 0 Å². The molecule has 2 N–H and O–H groups in total. The molecule has 1 aliphatic carbocycles. The van der Waals surface area contributed by atoms with Crippen molar-refractivity contribution in [1.82, 2.24) is 5.32 Å². The number of anilines is 1. The van der Waals surface area contributed by atoms with Crippen LogP contribution in [0.3, 0.4) is 0 Å². The predicted molar refractivity (Wildman–Crippen MR) is 74.8 cm³/mol. The van der Waals surface area contributed by atoms with Crippen LogP contribution in [0.4, 0.5) is 5.69 Å². The van der Waals surface area contributed by atoms with E-state index in [2.05, 4.69) is 36.6 Å². The molecule has 1 amide bonds. The molecule has 98 valence electrons. The van der Waals surface area contributed by atoms with E-state index in [0.717, 1.165) is 24.9 Å². The van der Waals surface area contributed by atoms with Gasteiger partial charge in [0, 0.05) is 11.7 Å². The van der Waals surface area contributed by atoms with Crippen LogP contribution in [-0.4, -0.2) is 18.0 Å². The lowest BCUT2D eigenvalue weighted by Gasteiger charge is -2.16. The number of aryl methyl sites for hydroxylation is 2. The summed E-state index contributed by atoms with van der Waals surface area (Å²) in [6, 6.07) is 6.52. The monoisotopic (exact) mass is 246 g/mol. The Hall–Kier alpha value is -1.51. The third-order valence-corrected chi connectivity index (χ3v) is 3.43. The Morgan fingerprint density at radius 2 is 2.17 bits per heavy atom. The van der Waals surface area contributed by atoms with Crippen LogP contribution in [-0.2, 0) is 11.2 Å². The van der Waals surface area contributed by atoms with Gasteiger partial charge in [0.25, 0.3) is 0 Å². The number of benzene rings is 1. The minimum atomic E-state index is -0.182. The summed E-state index contributed by atoms with van der Waals surface area (Å²) in [6.45, 7) is 6.17. The molecule has 1 aromatic carbocycles. The highest BCUT2D eigenvalue weighted by molar-refractivity contribution is 5.84. The third-order valence-electron chi connectivity index (χ3n) is 3.43. The molecule has 0 saturated heterocycles. The molecule has 1 unspecified atom stereocenters. The Labute approximate surface area is 109 Å². The molecule has 3 nitrogen and oxygen atoms in total. The summed E-state index contributed by atoms with van der Waals surface area (Å²) < 4.78 is 0. The van der Waals surface area contributed by atoms with E-state index < -0.39 is 0 Å². The average Bonchev–Trinajstić information content (AvgIpc) is 3.15. The molecule has 0 heterocycles. The number of carbonyl (C=O) groups is 1. The molecule has 0 bridgehead atoms. The predicted octanol–water partition coefficient (Wildman–Crippen LogP) is 2.64. The van der Waals surface area contributed by atoms with E-state index in [4.69, 9.17) is 0 Å². The van der Waals surface area contributed by atoms with Gasteiger partial charge in [0.2, 0.25) is 5.91 Å². The average molecular weight is 246 g/mol. The first-order valence-corrected chi connectivity index (χ1v) is 6.76. The molecule has 1 aliphatic rings. The van der Waals surface area contributed by atoms with Crippen LogP contribution >= 0.6 is 0 Å². The van der Waals surface area contributed by atoms with Gasteiger partial charge in [-0.1, -0.05) is 13.0 Å². The largest absolute Gasteiger partial charge is 0.374 e. The van der Waals surface area contributed by atoms with E-state index in [1.165, 1.54) is 11.1 Å². The van der Waals surface area contributed by atoms with Crippen molar-refractivity contribution in [3.8, 4) is 0 Å². The van der Waals surface area contributed by atoms with Gasteiger partial charge < -0.3 is 10.6 Å². The van der Waals surface area contributed by atoms with Gasteiger partial charge in [0.05, 0.1) is 0 Å². The number of amides is 1. The van der Waals surface area contributed by atoms with E-state index in [-0.39, 0.29) is 11.9 Å². The zero-order valence-corrected chi connectivity index (χ0v) is 11.4. The molecule has 1 atom stereocenters. The number of hydrogen-bond acceptors (Lipinski definition) is 2. The molecular weight excluding hydrogens is 224 g/mol. The molecule has 1 aromatic rings. The quantitative estimate of drug-likeness (QED) is 0.838. The number of hydrogen-bond donors (Lipinski definition) is 2. The van der Waals surface area contributed by atoms with Crippen LogP contribution in [0.2, 0.25) is 0 Å². The maximum Gasteiger partial charge on any atom is 0.242 e. The molecule has 18 heavy (non-hydrogen) atoms. The first kappa shape index (κ1) is 12.9. The summed E-state index contributed by atoms with van der Waals surface area (Å²) in [6.07, 6.45) is 3.27. The lowest BCUT2D eigenvalue weighted by Crippen LogP contribution is -2.38. The van der Waals surface area contributed by atoms with E-state index >= 15 is 0 Å². The SMILES string of the molecule is CCc1cc(NC(C)C(=O)NC2CC2)ccc1C. The molecule has 2 rings (SSSR count). The Bertz CT molecular complexity index is 438. The number of nitrogens with one attached hydrogen (secondary N) is 2. The van der Waals surface area contributed by atoms with Crippen molar-refractivity contribution in [3.63, 3.8) is 0 Å². The van der Waals surface area contributed by atoms with E-state index in [9.17, 15) is 4.79 Å². The Balaban J connectivity index is 1.96. The summed E-state index contributed by atoms with van der Waals surface area (Å²) in [4.78, 5) is 11.8. The fourth-order valence-electron chi connectivity index (χ4n) is 2.01. The van der Waals surface area contributed by atoms with Crippen molar-refractivity contribution < 1.29 is 4.79 Å². The zero-order chi connectivity index (χ0) is 13.1. The zero-order valence-electron chi connectivity index (χ0n) is 11.4. The van der Waals surface area contributed by atoms with Crippen LogP contribution in [0.5, 0.6) is 0 Å². The fraction of sp³-hybridized carbons (Fsp3) is 0.533. The van der Waals surface area contributed by atoms with Crippen LogP contribution in [0.1, 0.15) is 37.8 Å². The second-order valence-corrected chi connectivity index (χ2v) is 5.14. The molecule has 0 spiro atoms. The van der Waals surface area contributed by atoms with Crippen molar-refractivity contribution in [1.29, 1.82) is 0 Å². The molecule has 1 saturated carbocycles. The van der Waals surface area contributed by atoms with Gasteiger partial charge in [0.15, 0.2) is 0 Å². The first-order valence-electron chi connectivity index (χ1n) is 6.76. The fourth-order valence-corrected chi connectivity index (χ4v) is 2.01. The highest BCUT2D eigenvalue weighted by atomic mass is 16.2. The Kier molecular flexibility index (Phi) is 3.90. The van der Waals surface area contributed by atoms with Crippen molar-refractivity contribution in [3.05, 3.63) is 29.3 Å². The van der Waals surface area contributed by atoms with Gasteiger partial charge in [-0.05, 0) is 56.4 Å². The second-order valence-electron chi connectivity index (χ2n) is 5.14. The van der Waals surface area contributed by atoms with Crippen LogP contribution < -0.4 is 10.6 Å². The normalized spacial score (nSPS) is 16.2. The van der Waals surface area contributed by atoms with E-state index in [1.54, 1.807) is 0 Å².